The Bertz CT molecular complexity index is 464. The van der Waals surface area contributed by atoms with Gasteiger partial charge in [0.25, 0.3) is 11.8 Å². The van der Waals surface area contributed by atoms with E-state index in [1.54, 1.807) is 0 Å². The summed E-state index contributed by atoms with van der Waals surface area (Å²) in [5, 5.41) is 9.59. The maximum absolute atomic E-state index is 11.8. The molecule has 2 amide bonds. The number of carbonyl (C=O) groups is 2. The molecule has 4 atom stereocenters. The van der Waals surface area contributed by atoms with Crippen molar-refractivity contribution in [3.8, 4) is 0 Å². The highest BCUT2D eigenvalue weighted by Gasteiger charge is 2.76. The highest BCUT2D eigenvalue weighted by Crippen LogP contribution is 2.69. The first kappa shape index (κ1) is 12.1. The number of allylic oxidation sites excluding steroid dienone is 2. The molecular weight excluding hydrogens is 312 g/mol. The molecule has 1 aliphatic heterocycles. The maximum atomic E-state index is 11.8. The molecule has 3 rings (SSSR count). The third kappa shape index (κ3) is 1.08. The Hall–Kier alpha value is -0.000000000000000167. The van der Waals surface area contributed by atoms with Gasteiger partial charge in [0.2, 0.25) is 0 Å². The molecule has 0 unspecified atom stereocenters. The van der Waals surface area contributed by atoms with Gasteiger partial charge in [0.1, 0.15) is 0 Å². The molecule has 1 N–H and O–H groups in total. The van der Waals surface area contributed by atoms with Gasteiger partial charge in [0.15, 0.2) is 0 Å². The van der Waals surface area contributed by atoms with Crippen molar-refractivity contribution in [2.75, 3.05) is 0 Å². The van der Waals surface area contributed by atoms with Crippen LogP contribution in [-0.2, 0) is 9.59 Å². The number of carbonyl (C=O) groups excluding carboxylic acids is 2. The number of halogens is 4. The number of amides is 2. The summed E-state index contributed by atoms with van der Waals surface area (Å²) in [4.78, 5) is 21.0. The largest absolute Gasteiger partial charge is 0.278 e. The fourth-order valence-electron chi connectivity index (χ4n) is 2.96. The van der Waals surface area contributed by atoms with Crippen molar-refractivity contribution in [1.82, 2.24) is 5.06 Å². The molecule has 8 heteroatoms. The summed E-state index contributed by atoms with van der Waals surface area (Å²) < 4.78 is 0. The van der Waals surface area contributed by atoms with E-state index in [1.165, 1.54) is 0 Å². The van der Waals surface area contributed by atoms with E-state index in [0.29, 0.717) is 0 Å². The van der Waals surface area contributed by atoms with Crippen molar-refractivity contribution in [2.45, 2.75) is 16.2 Å². The van der Waals surface area contributed by atoms with Gasteiger partial charge < -0.3 is 0 Å². The molecule has 92 valence electrons. The molecule has 2 bridgehead atoms. The quantitative estimate of drug-likeness (QED) is 0.423. The molecule has 0 aromatic heterocycles. The van der Waals surface area contributed by atoms with Crippen LogP contribution in [0.15, 0.2) is 10.1 Å². The van der Waals surface area contributed by atoms with Crippen LogP contribution in [0.1, 0.15) is 6.42 Å². The standard InChI is InChI=1S/C9H5Cl4NO3/c10-4-5(11)9(13)1-8(4,12)2-3(9)7(16)14(17)6(2)15/h2-3,17H,1H2/t2-,3+,8-,9-/m0/s1. The third-order valence-electron chi connectivity index (χ3n) is 3.71. The van der Waals surface area contributed by atoms with Crippen LogP contribution in [0, 0.1) is 11.8 Å². The molecule has 2 fully saturated rings. The molecule has 3 aliphatic rings. The van der Waals surface area contributed by atoms with E-state index < -0.39 is 33.4 Å². The number of fused-ring (bicyclic) bond motifs is 5. The molecule has 1 heterocycles. The summed E-state index contributed by atoms with van der Waals surface area (Å²) in [7, 11) is 0. The molecule has 1 saturated heterocycles. The molecule has 17 heavy (non-hydrogen) atoms. The summed E-state index contributed by atoms with van der Waals surface area (Å²) in [6, 6.07) is 0. The van der Waals surface area contributed by atoms with Crippen molar-refractivity contribution in [3.63, 3.8) is 0 Å². The second-order valence-corrected chi connectivity index (χ2v) is 6.58. The van der Waals surface area contributed by atoms with Crippen LogP contribution >= 0.6 is 46.4 Å². The van der Waals surface area contributed by atoms with Crippen LogP contribution in [0.4, 0.5) is 0 Å². The van der Waals surface area contributed by atoms with E-state index in [4.69, 9.17) is 46.4 Å². The fraction of sp³-hybridized carbons (Fsp3) is 0.556. The molecule has 0 radical (unpaired) electrons. The number of hydrogen-bond acceptors (Lipinski definition) is 3. The van der Waals surface area contributed by atoms with Gasteiger partial charge in [0, 0.05) is 0 Å². The van der Waals surface area contributed by atoms with Crippen LogP contribution in [0.5, 0.6) is 0 Å². The Morgan fingerprint density at radius 2 is 1.41 bits per heavy atom. The van der Waals surface area contributed by atoms with Crippen LogP contribution in [-0.4, -0.2) is 31.8 Å². The first-order valence-corrected chi connectivity index (χ1v) is 6.27. The molecule has 0 aromatic rings. The maximum Gasteiger partial charge on any atom is 0.259 e. The summed E-state index contributed by atoms with van der Waals surface area (Å²) >= 11 is 24.5. The molecule has 4 nitrogen and oxygen atoms in total. The monoisotopic (exact) mass is 315 g/mol. The number of nitrogens with zero attached hydrogens (tertiary/aromatic N) is 1. The predicted octanol–water partition coefficient (Wildman–Crippen LogP) is 2.04. The molecule has 0 spiro atoms. The number of hydrogen-bond donors (Lipinski definition) is 1. The van der Waals surface area contributed by atoms with Crippen LogP contribution in [0.3, 0.4) is 0 Å². The van der Waals surface area contributed by atoms with Crippen molar-refractivity contribution < 1.29 is 14.8 Å². The zero-order valence-electron chi connectivity index (χ0n) is 8.08. The van der Waals surface area contributed by atoms with Gasteiger partial charge in [-0.2, -0.15) is 5.06 Å². The van der Waals surface area contributed by atoms with E-state index >= 15 is 0 Å². The lowest BCUT2D eigenvalue weighted by Gasteiger charge is -2.28. The van der Waals surface area contributed by atoms with Gasteiger partial charge in [-0.25, -0.2) is 0 Å². The summed E-state index contributed by atoms with van der Waals surface area (Å²) in [5.74, 6) is -3.46. The Morgan fingerprint density at radius 1 is 1.06 bits per heavy atom. The van der Waals surface area contributed by atoms with E-state index in [2.05, 4.69) is 0 Å². The number of alkyl halides is 2. The SMILES string of the molecule is O=C1[C@@H]2[C@H](C(=O)N1O)[C@@]1(Cl)C[C@@]2(Cl)C(Cl)=C1Cl. The van der Waals surface area contributed by atoms with Crippen LogP contribution in [0.25, 0.3) is 0 Å². The molecule has 0 aromatic carbocycles. The lowest BCUT2D eigenvalue weighted by Crippen LogP contribution is -2.38. The first-order valence-electron chi connectivity index (χ1n) is 4.76. The average molecular weight is 317 g/mol. The Balaban J connectivity index is 2.25. The van der Waals surface area contributed by atoms with Gasteiger partial charge in [0.05, 0.1) is 31.6 Å². The van der Waals surface area contributed by atoms with E-state index in [9.17, 15) is 14.8 Å². The highest BCUT2D eigenvalue weighted by atomic mass is 35.5. The lowest BCUT2D eigenvalue weighted by molar-refractivity contribution is -0.173. The van der Waals surface area contributed by atoms with E-state index in [1.807, 2.05) is 0 Å². The second-order valence-electron chi connectivity index (χ2n) is 4.47. The second kappa shape index (κ2) is 3.11. The zero-order chi connectivity index (χ0) is 12.7. The van der Waals surface area contributed by atoms with Crippen molar-refractivity contribution in [3.05, 3.63) is 10.1 Å². The number of imide groups is 1. The van der Waals surface area contributed by atoms with Crippen LogP contribution in [0.2, 0.25) is 0 Å². The first-order chi connectivity index (χ1) is 7.75. The fourth-order valence-corrected chi connectivity index (χ4v) is 4.88. The zero-order valence-corrected chi connectivity index (χ0v) is 11.1. The summed E-state index contributed by atoms with van der Waals surface area (Å²) in [6.45, 7) is 0. The number of hydroxylamine groups is 2. The Labute approximate surface area is 116 Å². The van der Waals surface area contributed by atoms with Gasteiger partial charge in [-0.15, -0.1) is 23.2 Å². The predicted molar refractivity (Wildman–Crippen MR) is 61.1 cm³/mol. The van der Waals surface area contributed by atoms with Crippen LogP contribution < -0.4 is 0 Å². The topological polar surface area (TPSA) is 57.6 Å². The van der Waals surface area contributed by atoms with E-state index in [-0.39, 0.29) is 21.5 Å². The lowest BCUT2D eigenvalue weighted by atomic mass is 9.84. The van der Waals surface area contributed by atoms with Crippen molar-refractivity contribution >= 4 is 58.2 Å². The minimum Gasteiger partial charge on any atom is -0.278 e. The molecule has 2 aliphatic carbocycles. The molecular formula is C9H5Cl4NO3. The summed E-state index contributed by atoms with van der Waals surface area (Å²) in [5.41, 5.74) is 0. The minimum absolute atomic E-state index is 0.0579. The minimum atomic E-state index is -1.28. The van der Waals surface area contributed by atoms with Gasteiger partial charge in [-0.1, -0.05) is 23.2 Å². The van der Waals surface area contributed by atoms with E-state index in [0.717, 1.165) is 0 Å². The third-order valence-corrected chi connectivity index (χ3v) is 6.16. The van der Waals surface area contributed by atoms with Gasteiger partial charge in [-0.3, -0.25) is 14.8 Å². The average Bonchev–Trinajstić information content (AvgIpc) is 2.72. The van der Waals surface area contributed by atoms with Gasteiger partial charge in [-0.05, 0) is 6.42 Å². The van der Waals surface area contributed by atoms with Crippen molar-refractivity contribution in [1.29, 1.82) is 0 Å². The highest BCUT2D eigenvalue weighted by molar-refractivity contribution is 6.52. The van der Waals surface area contributed by atoms with Crippen molar-refractivity contribution in [2.24, 2.45) is 11.8 Å². The number of rotatable bonds is 0. The van der Waals surface area contributed by atoms with Gasteiger partial charge >= 0.3 is 0 Å². The smallest absolute Gasteiger partial charge is 0.259 e. The summed E-state index contributed by atoms with van der Waals surface area (Å²) in [6.07, 6.45) is 0.113. The molecule has 1 saturated carbocycles. The Kier molecular flexibility index (Phi) is 2.21. The Morgan fingerprint density at radius 3 is 1.76 bits per heavy atom. The normalized spacial score (nSPS) is 48.4.